The Labute approximate surface area is 372 Å². The van der Waals surface area contributed by atoms with Gasteiger partial charge in [0.2, 0.25) is 0 Å². The Morgan fingerprint density at radius 3 is 0.169 bits per heavy atom. The van der Waals surface area contributed by atoms with Crippen LogP contribution in [0.4, 0.5) is 0 Å². The van der Waals surface area contributed by atoms with Gasteiger partial charge in [-0.2, -0.15) is 0 Å². The molecule has 65 heavy (non-hydrogen) atoms. The van der Waals surface area contributed by atoms with Crippen LogP contribution in [0.1, 0.15) is 0 Å². The molecule has 0 N–H and O–H groups in total. The third-order valence-electron chi connectivity index (χ3n) is 3.93. The van der Waals surface area contributed by atoms with Crippen LogP contribution in [-0.2, 0) is 0 Å². The van der Waals surface area contributed by atoms with Crippen molar-refractivity contribution >= 4 is 0 Å². The highest BCUT2D eigenvalue weighted by molar-refractivity contribution is 4.98. The van der Waals surface area contributed by atoms with Gasteiger partial charge in [-0.1, -0.05) is 11.5 Å². The van der Waals surface area contributed by atoms with E-state index in [-0.39, 0.29) is 0 Å². The molecule has 0 saturated carbocycles. The van der Waals surface area contributed by atoms with Crippen molar-refractivity contribution in [2.45, 2.75) is 0 Å². The summed E-state index contributed by atoms with van der Waals surface area (Å²) in [5, 5.41) is 0. The Balaban J connectivity index is 6.13. The molecule has 0 aliphatic heterocycles. The van der Waals surface area contributed by atoms with E-state index in [4.69, 9.17) is 0 Å². The summed E-state index contributed by atoms with van der Waals surface area (Å²) < 4.78 is 0. The zero-order chi connectivity index (χ0) is 46.5. The minimum Gasteiger partial charge on any atom is -0.0687 e. The highest BCUT2D eigenvalue weighted by Gasteiger charge is 1.47. The van der Waals surface area contributed by atoms with Crippen molar-refractivity contribution in [3.8, 4) is 0 Å². The number of rotatable bonds is 0. The summed E-state index contributed by atoms with van der Waals surface area (Å²) in [6.45, 7) is 6.63. The Morgan fingerprint density at radius 1 is 0.0769 bits per heavy atom. The van der Waals surface area contributed by atoms with Gasteiger partial charge in [0.25, 0.3) is 0 Å². The molecule has 0 heterocycles. The molecule has 0 aromatic carbocycles. The molecule has 0 unspecified atom stereocenters. The standard InChI is InChI=1S/C65H4/c1-3-5-7-9-11-13-15-17-19-21-23-25-27-29-31-33-35-37-39-41-43-45-47-49-51-53-55-57-59-61-63-65-64-62-60-58-56-54-52-50-48-46-44-42-40-38-36-34-32-30-28-26-24-22-20-18-16-14-12-10-8-6-4-2/h1-2H2. The van der Waals surface area contributed by atoms with E-state index in [0.717, 1.165) is 0 Å². The van der Waals surface area contributed by atoms with Crippen molar-refractivity contribution in [1.82, 2.24) is 0 Å². The molecule has 0 aliphatic rings. The molecule has 0 nitrogen and oxygen atoms in total. The molecule has 0 aromatic heterocycles. The highest BCUT2D eigenvalue weighted by Crippen LogP contribution is 1.63. The fraction of sp³-hybridized carbons (Fsp3) is 0. The summed E-state index contributed by atoms with van der Waals surface area (Å²) in [6, 6.07) is 0. The summed E-state index contributed by atoms with van der Waals surface area (Å²) in [4.78, 5) is 0. The lowest BCUT2D eigenvalue weighted by Crippen LogP contribution is -1.26. The van der Waals surface area contributed by atoms with Crippen molar-refractivity contribution in [2.75, 3.05) is 0 Å². The Kier molecular flexibility index (Phi) is 39.0. The molecule has 0 radical (unpaired) electrons. The first-order valence-electron chi connectivity index (χ1n) is 16.2. The summed E-state index contributed by atoms with van der Waals surface area (Å²) >= 11 is 0. The third kappa shape index (κ3) is 49.9. The molecule has 0 aromatic rings. The van der Waals surface area contributed by atoms with E-state index in [2.05, 4.69) is 374 Å². The van der Waals surface area contributed by atoms with Gasteiger partial charge in [-0.3, -0.25) is 0 Å². The fourth-order valence-electron chi connectivity index (χ4n) is 1.93. The summed E-state index contributed by atoms with van der Waals surface area (Å²) in [6.07, 6.45) is 0. The van der Waals surface area contributed by atoms with Crippen LogP contribution in [0.15, 0.2) is 374 Å². The molecular formula is C65H4. The van der Waals surface area contributed by atoms with E-state index >= 15 is 0 Å². The van der Waals surface area contributed by atoms with E-state index in [0.29, 0.717) is 0 Å². The second kappa shape index (κ2) is 49.9. The van der Waals surface area contributed by atoms with Crippen LogP contribution in [0, 0.1) is 0 Å². The molecule has 0 heteroatoms. The number of hydrogen-bond donors (Lipinski definition) is 0. The smallest absolute Gasteiger partial charge is 0 e. The third-order valence-corrected chi connectivity index (χ3v) is 3.93. The van der Waals surface area contributed by atoms with Gasteiger partial charge in [-0.05, 0) is 105 Å². The first kappa shape index (κ1) is 50.9. The van der Waals surface area contributed by atoms with E-state index in [9.17, 15) is 0 Å². The van der Waals surface area contributed by atoms with Crippen LogP contribution in [0.25, 0.3) is 0 Å². The first-order valence-corrected chi connectivity index (χ1v) is 16.2. The lowest BCUT2D eigenvalue weighted by Gasteiger charge is -1.41. The van der Waals surface area contributed by atoms with E-state index < -0.39 is 0 Å². The maximum atomic E-state index is 3.31. The molecule has 0 spiro atoms. The second-order valence-corrected chi connectivity index (χ2v) is 7.98. The minimum absolute atomic E-state index is 2.37. The predicted octanol–water partition coefficient (Wildman–Crippen LogP) is 10.6. The van der Waals surface area contributed by atoms with Crippen molar-refractivity contribution in [3.63, 3.8) is 0 Å². The lowest BCUT2D eigenvalue weighted by atomic mass is 10.6. The van der Waals surface area contributed by atoms with Crippen molar-refractivity contribution in [3.05, 3.63) is 374 Å². The molecule has 0 amide bonds. The van der Waals surface area contributed by atoms with Crippen LogP contribution in [0.3, 0.4) is 0 Å². The topological polar surface area (TPSA) is 0 Å². The Morgan fingerprint density at radius 2 is 0.123 bits per heavy atom. The highest BCUT2D eigenvalue weighted by atomic mass is 13.5. The maximum Gasteiger partial charge on any atom is 0 e. The molecule has 264 valence electrons. The van der Waals surface area contributed by atoms with Crippen LogP contribution in [0.5, 0.6) is 0 Å². The average molecular weight is 785 g/mol. The molecule has 0 fully saturated rings. The van der Waals surface area contributed by atoms with Crippen molar-refractivity contribution in [1.29, 1.82) is 0 Å². The monoisotopic (exact) mass is 784 g/mol. The zero-order valence-corrected chi connectivity index (χ0v) is 32.9. The summed E-state index contributed by atoms with van der Waals surface area (Å²) in [5.41, 5.74) is 157. The minimum atomic E-state index is 2.37. The molecule has 0 aliphatic carbocycles. The van der Waals surface area contributed by atoms with Gasteiger partial charge in [0.15, 0.2) is 0 Å². The normalized spacial score (nSPS) is 3.94. The zero-order valence-electron chi connectivity index (χ0n) is 32.9. The quantitative estimate of drug-likeness (QED) is 0.215. The van der Waals surface area contributed by atoms with Crippen LogP contribution in [0.2, 0.25) is 0 Å². The van der Waals surface area contributed by atoms with E-state index in [1.165, 1.54) is 0 Å². The molecule has 0 atom stereocenters. The van der Waals surface area contributed by atoms with Crippen molar-refractivity contribution < 1.29 is 0 Å². The van der Waals surface area contributed by atoms with E-state index in [1.54, 1.807) is 0 Å². The second-order valence-electron chi connectivity index (χ2n) is 7.98. The fourth-order valence-corrected chi connectivity index (χ4v) is 1.93. The summed E-state index contributed by atoms with van der Waals surface area (Å²) in [7, 11) is 0. The van der Waals surface area contributed by atoms with Gasteiger partial charge >= 0.3 is 0 Å². The van der Waals surface area contributed by atoms with Gasteiger partial charge in [-0.15, -0.1) is 0 Å². The molecular weight excluding hydrogens is 781 g/mol. The van der Waals surface area contributed by atoms with Gasteiger partial charge in [0.1, 0.15) is 0 Å². The SMILES string of the molecule is C=C=C=C=C=C=C=C=C=C=C=C=C=C=C=C=C=C=C=C=C=C=C=C=C=C=C=C=C=C=C=C=C=C=C=C=C=C=C=C=C=C=C=C=C=C=C=C=C=C=C=C=C=C=C=C=C=C=C=C=C=C=C=C=C. The molecule has 0 rings (SSSR count). The maximum absolute atomic E-state index is 3.31. The van der Waals surface area contributed by atoms with Crippen LogP contribution in [-0.4, -0.2) is 0 Å². The van der Waals surface area contributed by atoms with Gasteiger partial charge < -0.3 is 0 Å². The van der Waals surface area contributed by atoms with Crippen LogP contribution < -0.4 is 0 Å². The molecule has 0 saturated heterocycles. The number of hydrogen-bond acceptors (Lipinski definition) is 0. The van der Waals surface area contributed by atoms with Gasteiger partial charge in [0, 0.05) is 258 Å². The van der Waals surface area contributed by atoms with E-state index in [1.807, 2.05) is 0 Å². The first-order chi connectivity index (χ1) is 32.4. The van der Waals surface area contributed by atoms with Crippen LogP contribution >= 0.6 is 0 Å². The van der Waals surface area contributed by atoms with Gasteiger partial charge in [0.05, 0.1) is 0 Å². The molecule has 0 bridgehead atoms. The Bertz CT molecular complexity index is 4430. The Hall–Kier alpha value is -14.1. The predicted molar refractivity (Wildman–Crippen MR) is 233 cm³/mol. The average Bonchev–Trinajstić information content (AvgIpc) is 3.32. The lowest BCUT2D eigenvalue weighted by molar-refractivity contribution is 2.10. The van der Waals surface area contributed by atoms with Crippen molar-refractivity contribution in [2.24, 2.45) is 0 Å². The largest absolute Gasteiger partial charge is 0.0687 e. The summed E-state index contributed by atoms with van der Waals surface area (Å²) in [5.74, 6) is 0. The van der Waals surface area contributed by atoms with Gasteiger partial charge in [-0.25, -0.2) is 0 Å².